The number of carbonyl (C=O) groups is 2. The van der Waals surface area contributed by atoms with Crippen LogP contribution in [-0.2, 0) is 9.59 Å². The third-order valence-electron chi connectivity index (χ3n) is 3.07. The van der Waals surface area contributed by atoms with Crippen LogP contribution >= 0.6 is 15.9 Å². The highest BCUT2D eigenvalue weighted by atomic mass is 79.9. The van der Waals surface area contributed by atoms with E-state index < -0.39 is 0 Å². The normalized spacial score (nSPS) is 10.7. The molecular formula is C17H17BrN2O3. The molecule has 2 aromatic rings. The Labute approximate surface area is 142 Å². The molecule has 0 bridgehead atoms. The van der Waals surface area contributed by atoms with Crippen molar-refractivity contribution in [1.82, 2.24) is 5.32 Å². The average Bonchev–Trinajstić information content (AvgIpc) is 3.02. The Morgan fingerprint density at radius 3 is 2.87 bits per heavy atom. The molecule has 0 radical (unpaired) electrons. The fraction of sp³-hybridized carbons (Fsp3) is 0.176. The number of rotatable bonds is 6. The lowest BCUT2D eigenvalue weighted by Crippen LogP contribution is -2.26. The average molecular weight is 377 g/mol. The summed E-state index contributed by atoms with van der Waals surface area (Å²) in [6, 6.07) is 9.17. The van der Waals surface area contributed by atoms with Crippen LogP contribution in [0.2, 0.25) is 0 Å². The van der Waals surface area contributed by atoms with Crippen LogP contribution in [0.3, 0.4) is 0 Å². The van der Waals surface area contributed by atoms with Gasteiger partial charge in [0.05, 0.1) is 6.26 Å². The standard InChI is InChI=1S/C17H17BrN2O3/c1-12-4-5-13(18)11-15(12)20-17(22)8-9-19-16(21)7-6-14-3-2-10-23-14/h2-7,10-11H,8-9H2,1H3,(H,19,21)(H,20,22)/b7-6+. The molecule has 1 aromatic carbocycles. The summed E-state index contributed by atoms with van der Waals surface area (Å²) in [5.74, 6) is 0.178. The highest BCUT2D eigenvalue weighted by Crippen LogP contribution is 2.20. The predicted molar refractivity (Wildman–Crippen MR) is 92.9 cm³/mol. The van der Waals surface area contributed by atoms with Gasteiger partial charge in [-0.25, -0.2) is 0 Å². The van der Waals surface area contributed by atoms with Gasteiger partial charge in [0.1, 0.15) is 5.76 Å². The molecular weight excluding hydrogens is 360 g/mol. The summed E-state index contributed by atoms with van der Waals surface area (Å²) < 4.78 is 5.98. The van der Waals surface area contributed by atoms with Gasteiger partial charge in [-0.3, -0.25) is 9.59 Å². The van der Waals surface area contributed by atoms with Gasteiger partial charge in [0.25, 0.3) is 0 Å². The fourth-order valence-corrected chi connectivity index (χ4v) is 2.20. The quantitative estimate of drug-likeness (QED) is 0.757. The summed E-state index contributed by atoms with van der Waals surface area (Å²) in [6.45, 7) is 2.18. The molecule has 0 aliphatic rings. The molecule has 0 aliphatic heterocycles. The third kappa shape index (κ3) is 5.75. The number of nitrogens with one attached hydrogen (secondary N) is 2. The molecule has 0 saturated carbocycles. The molecule has 0 saturated heterocycles. The lowest BCUT2D eigenvalue weighted by Gasteiger charge is -2.09. The summed E-state index contributed by atoms with van der Waals surface area (Å²) in [4.78, 5) is 23.5. The van der Waals surface area contributed by atoms with Gasteiger partial charge in [-0.05, 0) is 42.8 Å². The second kappa shape index (κ2) is 8.33. The maximum absolute atomic E-state index is 11.9. The summed E-state index contributed by atoms with van der Waals surface area (Å²) in [7, 11) is 0. The Hall–Kier alpha value is -2.34. The molecule has 5 nitrogen and oxygen atoms in total. The number of halogens is 1. The van der Waals surface area contributed by atoms with Crippen molar-refractivity contribution in [3.05, 3.63) is 58.5 Å². The van der Waals surface area contributed by atoms with Gasteiger partial charge in [-0.1, -0.05) is 22.0 Å². The molecule has 0 atom stereocenters. The highest BCUT2D eigenvalue weighted by Gasteiger charge is 2.06. The number of hydrogen-bond donors (Lipinski definition) is 2. The van der Waals surface area contributed by atoms with Gasteiger partial charge >= 0.3 is 0 Å². The van der Waals surface area contributed by atoms with Crippen molar-refractivity contribution in [1.29, 1.82) is 0 Å². The number of aryl methyl sites for hydroxylation is 1. The minimum Gasteiger partial charge on any atom is -0.465 e. The minimum atomic E-state index is -0.271. The largest absolute Gasteiger partial charge is 0.465 e. The van der Waals surface area contributed by atoms with Crippen LogP contribution in [0.1, 0.15) is 17.7 Å². The SMILES string of the molecule is Cc1ccc(Br)cc1NC(=O)CCNC(=O)/C=C/c1ccco1. The van der Waals surface area contributed by atoms with Gasteiger partial charge in [0.2, 0.25) is 11.8 Å². The minimum absolute atomic E-state index is 0.151. The highest BCUT2D eigenvalue weighted by molar-refractivity contribution is 9.10. The fourth-order valence-electron chi connectivity index (χ4n) is 1.84. The molecule has 0 aliphatic carbocycles. The van der Waals surface area contributed by atoms with Crippen LogP contribution in [0.15, 0.2) is 51.6 Å². The number of benzene rings is 1. The van der Waals surface area contributed by atoms with Crippen LogP contribution in [0, 0.1) is 6.92 Å². The molecule has 1 heterocycles. The Morgan fingerprint density at radius 1 is 1.30 bits per heavy atom. The molecule has 2 rings (SSSR count). The van der Waals surface area contributed by atoms with Crippen LogP contribution in [0.25, 0.3) is 6.08 Å². The van der Waals surface area contributed by atoms with Crippen molar-refractivity contribution in [3.8, 4) is 0 Å². The van der Waals surface area contributed by atoms with E-state index >= 15 is 0 Å². The molecule has 0 unspecified atom stereocenters. The molecule has 2 N–H and O–H groups in total. The summed E-state index contributed by atoms with van der Waals surface area (Å²) in [5, 5.41) is 5.48. The smallest absolute Gasteiger partial charge is 0.244 e. The zero-order valence-electron chi connectivity index (χ0n) is 12.6. The third-order valence-corrected chi connectivity index (χ3v) is 3.56. The maximum Gasteiger partial charge on any atom is 0.244 e. The maximum atomic E-state index is 11.9. The molecule has 0 fully saturated rings. The van der Waals surface area contributed by atoms with Crippen molar-refractivity contribution in [2.45, 2.75) is 13.3 Å². The Bertz CT molecular complexity index is 709. The van der Waals surface area contributed by atoms with Crippen molar-refractivity contribution < 1.29 is 14.0 Å². The van der Waals surface area contributed by atoms with E-state index in [2.05, 4.69) is 26.6 Å². The molecule has 23 heavy (non-hydrogen) atoms. The Kier molecular flexibility index (Phi) is 6.17. The first-order valence-electron chi connectivity index (χ1n) is 7.10. The molecule has 2 amide bonds. The van der Waals surface area contributed by atoms with E-state index in [0.717, 1.165) is 15.7 Å². The Balaban J connectivity index is 1.74. The number of furan rings is 1. The monoisotopic (exact) mass is 376 g/mol. The zero-order valence-corrected chi connectivity index (χ0v) is 14.2. The van der Waals surface area contributed by atoms with Crippen molar-refractivity contribution >= 4 is 39.5 Å². The van der Waals surface area contributed by atoms with E-state index in [0.29, 0.717) is 5.76 Å². The number of hydrogen-bond acceptors (Lipinski definition) is 3. The second-order valence-corrected chi connectivity index (χ2v) is 5.81. The van der Waals surface area contributed by atoms with Crippen LogP contribution < -0.4 is 10.6 Å². The van der Waals surface area contributed by atoms with Gasteiger partial charge < -0.3 is 15.1 Å². The van der Waals surface area contributed by atoms with E-state index in [1.165, 1.54) is 12.3 Å². The second-order valence-electron chi connectivity index (χ2n) is 4.90. The molecule has 120 valence electrons. The first-order valence-corrected chi connectivity index (χ1v) is 7.89. The molecule has 1 aromatic heterocycles. The van der Waals surface area contributed by atoms with E-state index in [1.807, 2.05) is 25.1 Å². The van der Waals surface area contributed by atoms with E-state index in [-0.39, 0.29) is 24.8 Å². The van der Waals surface area contributed by atoms with Crippen molar-refractivity contribution in [3.63, 3.8) is 0 Å². The first kappa shape index (κ1) is 17.0. The van der Waals surface area contributed by atoms with Crippen LogP contribution in [-0.4, -0.2) is 18.4 Å². The summed E-state index contributed by atoms with van der Waals surface area (Å²) in [6.07, 6.45) is 4.67. The molecule has 6 heteroatoms. The van der Waals surface area contributed by atoms with Gasteiger partial charge in [-0.2, -0.15) is 0 Å². The molecule has 0 spiro atoms. The zero-order chi connectivity index (χ0) is 16.7. The van der Waals surface area contributed by atoms with E-state index in [9.17, 15) is 9.59 Å². The van der Waals surface area contributed by atoms with E-state index in [1.54, 1.807) is 18.2 Å². The summed E-state index contributed by atoms with van der Waals surface area (Å²) in [5.41, 5.74) is 1.74. The predicted octanol–water partition coefficient (Wildman–Crippen LogP) is 3.51. The number of anilines is 1. The van der Waals surface area contributed by atoms with Gasteiger partial charge in [0, 0.05) is 29.2 Å². The van der Waals surface area contributed by atoms with Gasteiger partial charge in [0.15, 0.2) is 0 Å². The van der Waals surface area contributed by atoms with Crippen molar-refractivity contribution in [2.75, 3.05) is 11.9 Å². The summed E-state index contributed by atoms with van der Waals surface area (Å²) >= 11 is 3.37. The lowest BCUT2D eigenvalue weighted by molar-refractivity contribution is -0.117. The Morgan fingerprint density at radius 2 is 2.13 bits per heavy atom. The lowest BCUT2D eigenvalue weighted by atomic mass is 10.2. The topological polar surface area (TPSA) is 71.3 Å². The van der Waals surface area contributed by atoms with Gasteiger partial charge in [-0.15, -0.1) is 0 Å². The van der Waals surface area contributed by atoms with E-state index in [4.69, 9.17) is 4.42 Å². The van der Waals surface area contributed by atoms with Crippen LogP contribution in [0.4, 0.5) is 5.69 Å². The first-order chi connectivity index (χ1) is 11.0. The van der Waals surface area contributed by atoms with Crippen LogP contribution in [0.5, 0.6) is 0 Å². The number of carbonyl (C=O) groups excluding carboxylic acids is 2. The van der Waals surface area contributed by atoms with Crippen molar-refractivity contribution in [2.24, 2.45) is 0 Å². The number of amides is 2.